The number of hydrogen-bond acceptors (Lipinski definition) is 2. The Morgan fingerprint density at radius 1 is 1.20 bits per heavy atom. The van der Waals surface area contributed by atoms with E-state index in [-0.39, 0.29) is 11.8 Å². The summed E-state index contributed by atoms with van der Waals surface area (Å²) >= 11 is 5.77. The van der Waals surface area contributed by atoms with Crippen molar-refractivity contribution in [2.75, 3.05) is 19.6 Å². The number of unbranched alkanes of at least 4 members (excludes halogenated alkanes) is 1. The molecule has 4 nitrogen and oxygen atoms in total. The minimum Gasteiger partial charge on any atom is -0.350 e. The van der Waals surface area contributed by atoms with Gasteiger partial charge in [-0.05, 0) is 30.7 Å². The molecule has 0 atom stereocenters. The van der Waals surface area contributed by atoms with Crippen molar-refractivity contribution in [3.05, 3.63) is 34.9 Å². The monoisotopic (exact) mass is 296 g/mol. The molecule has 1 aromatic rings. The molecule has 1 aromatic carbocycles. The minimum atomic E-state index is -0.152. The van der Waals surface area contributed by atoms with Gasteiger partial charge in [0.15, 0.2) is 0 Å². The lowest BCUT2D eigenvalue weighted by molar-refractivity contribution is -0.128. The van der Waals surface area contributed by atoms with Crippen LogP contribution in [0.3, 0.4) is 0 Å². The van der Waals surface area contributed by atoms with Gasteiger partial charge in [0.1, 0.15) is 0 Å². The predicted octanol–water partition coefficient (Wildman–Crippen LogP) is 2.72. The van der Waals surface area contributed by atoms with E-state index in [4.69, 9.17) is 11.6 Å². The number of amides is 2. The molecule has 0 radical (unpaired) electrons. The number of carbonyl (C=O) groups is 2. The fraction of sp³-hybridized carbons (Fsp3) is 0.467. The highest BCUT2D eigenvalue weighted by Crippen LogP contribution is 2.09. The van der Waals surface area contributed by atoms with E-state index in [1.54, 1.807) is 36.1 Å². The molecule has 1 N–H and O–H groups in total. The summed E-state index contributed by atoms with van der Waals surface area (Å²) < 4.78 is 0. The molecule has 0 fully saturated rings. The number of carbonyl (C=O) groups excluding carboxylic acids is 2. The maximum absolute atomic E-state index is 11.9. The van der Waals surface area contributed by atoms with E-state index in [1.807, 2.05) is 0 Å². The molecule has 0 saturated carbocycles. The van der Waals surface area contributed by atoms with Gasteiger partial charge in [-0.2, -0.15) is 0 Å². The summed E-state index contributed by atoms with van der Waals surface area (Å²) in [5.74, 6) is -0.111. The zero-order chi connectivity index (χ0) is 15.0. The second-order valence-corrected chi connectivity index (χ2v) is 5.06. The quantitative estimate of drug-likeness (QED) is 0.841. The van der Waals surface area contributed by atoms with Crippen molar-refractivity contribution in [2.24, 2.45) is 0 Å². The summed E-state index contributed by atoms with van der Waals surface area (Å²) in [4.78, 5) is 25.1. The zero-order valence-electron chi connectivity index (χ0n) is 12.0. The first-order valence-electron chi connectivity index (χ1n) is 6.84. The van der Waals surface area contributed by atoms with Gasteiger partial charge in [0, 0.05) is 37.1 Å². The third kappa shape index (κ3) is 5.61. The molecule has 0 heterocycles. The van der Waals surface area contributed by atoms with E-state index in [0.29, 0.717) is 23.7 Å². The molecule has 0 aromatic heterocycles. The maximum Gasteiger partial charge on any atom is 0.251 e. The van der Waals surface area contributed by atoms with Gasteiger partial charge in [-0.25, -0.2) is 0 Å². The van der Waals surface area contributed by atoms with Crippen molar-refractivity contribution < 1.29 is 9.59 Å². The summed E-state index contributed by atoms with van der Waals surface area (Å²) in [6, 6.07) is 6.72. The van der Waals surface area contributed by atoms with Gasteiger partial charge in [-0.3, -0.25) is 9.59 Å². The van der Waals surface area contributed by atoms with Crippen LogP contribution in [0, 0.1) is 0 Å². The summed E-state index contributed by atoms with van der Waals surface area (Å²) in [6.07, 6.45) is 2.02. The van der Waals surface area contributed by atoms with Crippen LogP contribution in [0.4, 0.5) is 0 Å². The molecule has 5 heteroatoms. The Balaban J connectivity index is 2.40. The standard InChI is InChI=1S/C15H21ClN2O2/c1-3-4-10-18(12(2)19)11-9-17-15(20)13-5-7-14(16)8-6-13/h5-8H,3-4,9-11H2,1-2H3,(H,17,20). The molecule has 0 aliphatic heterocycles. The highest BCUT2D eigenvalue weighted by molar-refractivity contribution is 6.30. The molecule has 0 aliphatic rings. The number of rotatable bonds is 7. The van der Waals surface area contributed by atoms with E-state index >= 15 is 0 Å². The van der Waals surface area contributed by atoms with Crippen molar-refractivity contribution in [3.8, 4) is 0 Å². The summed E-state index contributed by atoms with van der Waals surface area (Å²) in [7, 11) is 0. The molecule has 1 rings (SSSR count). The number of nitrogens with one attached hydrogen (secondary N) is 1. The Kier molecular flexibility index (Phi) is 7.09. The Labute approximate surface area is 125 Å². The van der Waals surface area contributed by atoms with Gasteiger partial charge in [-0.1, -0.05) is 24.9 Å². The molecule has 0 bridgehead atoms. The first kappa shape index (κ1) is 16.5. The first-order valence-corrected chi connectivity index (χ1v) is 7.21. The van der Waals surface area contributed by atoms with Crippen LogP contribution in [-0.4, -0.2) is 36.3 Å². The number of halogens is 1. The lowest BCUT2D eigenvalue weighted by Gasteiger charge is -2.20. The summed E-state index contributed by atoms with van der Waals surface area (Å²) in [5, 5.41) is 3.41. The highest BCUT2D eigenvalue weighted by Gasteiger charge is 2.09. The summed E-state index contributed by atoms with van der Waals surface area (Å²) in [5.41, 5.74) is 0.567. The van der Waals surface area contributed by atoms with Crippen molar-refractivity contribution in [2.45, 2.75) is 26.7 Å². The average molecular weight is 297 g/mol. The van der Waals surface area contributed by atoms with Gasteiger partial charge in [-0.15, -0.1) is 0 Å². The number of hydrogen-bond donors (Lipinski definition) is 1. The number of nitrogens with zero attached hydrogens (tertiary/aromatic N) is 1. The largest absolute Gasteiger partial charge is 0.350 e. The van der Waals surface area contributed by atoms with Gasteiger partial charge >= 0.3 is 0 Å². The van der Waals surface area contributed by atoms with Crippen LogP contribution < -0.4 is 5.32 Å². The first-order chi connectivity index (χ1) is 9.54. The third-order valence-electron chi connectivity index (χ3n) is 3.00. The molecule has 0 saturated heterocycles. The molecular formula is C15H21ClN2O2. The van der Waals surface area contributed by atoms with Crippen LogP contribution in [0.2, 0.25) is 5.02 Å². The molecule has 2 amide bonds. The smallest absolute Gasteiger partial charge is 0.251 e. The lowest BCUT2D eigenvalue weighted by atomic mass is 10.2. The SMILES string of the molecule is CCCCN(CCNC(=O)c1ccc(Cl)cc1)C(C)=O. The minimum absolute atomic E-state index is 0.0409. The molecule has 0 unspecified atom stereocenters. The van der Waals surface area contributed by atoms with Crippen LogP contribution in [0.25, 0.3) is 0 Å². The van der Waals surface area contributed by atoms with Crippen LogP contribution in [-0.2, 0) is 4.79 Å². The topological polar surface area (TPSA) is 49.4 Å². The van der Waals surface area contributed by atoms with E-state index in [9.17, 15) is 9.59 Å². The van der Waals surface area contributed by atoms with Gasteiger partial charge < -0.3 is 10.2 Å². The average Bonchev–Trinajstić information content (AvgIpc) is 2.42. The van der Waals surface area contributed by atoms with E-state index in [0.717, 1.165) is 19.4 Å². The van der Waals surface area contributed by atoms with Crippen LogP contribution in [0.15, 0.2) is 24.3 Å². The molecule has 0 aliphatic carbocycles. The molecule has 110 valence electrons. The van der Waals surface area contributed by atoms with Crippen LogP contribution in [0.5, 0.6) is 0 Å². The fourth-order valence-electron chi connectivity index (χ4n) is 1.78. The lowest BCUT2D eigenvalue weighted by Crippen LogP contribution is -2.38. The molecular weight excluding hydrogens is 276 g/mol. The Morgan fingerprint density at radius 2 is 1.85 bits per heavy atom. The normalized spacial score (nSPS) is 10.2. The third-order valence-corrected chi connectivity index (χ3v) is 3.25. The molecule has 20 heavy (non-hydrogen) atoms. The van der Waals surface area contributed by atoms with Crippen LogP contribution in [0.1, 0.15) is 37.0 Å². The summed E-state index contributed by atoms with van der Waals surface area (Å²) in [6.45, 7) is 5.36. The van der Waals surface area contributed by atoms with Crippen LogP contribution >= 0.6 is 11.6 Å². The van der Waals surface area contributed by atoms with Crippen molar-refractivity contribution in [3.63, 3.8) is 0 Å². The highest BCUT2D eigenvalue weighted by atomic mass is 35.5. The Hall–Kier alpha value is -1.55. The van der Waals surface area contributed by atoms with Gasteiger partial charge in [0.2, 0.25) is 5.91 Å². The fourth-order valence-corrected chi connectivity index (χ4v) is 1.91. The molecule has 0 spiro atoms. The number of benzene rings is 1. The zero-order valence-corrected chi connectivity index (χ0v) is 12.7. The second kappa shape index (κ2) is 8.59. The van der Waals surface area contributed by atoms with Gasteiger partial charge in [0.05, 0.1) is 0 Å². The van der Waals surface area contributed by atoms with Crippen molar-refractivity contribution in [1.29, 1.82) is 0 Å². The van der Waals surface area contributed by atoms with E-state index in [2.05, 4.69) is 12.2 Å². The van der Waals surface area contributed by atoms with E-state index < -0.39 is 0 Å². The predicted molar refractivity (Wildman–Crippen MR) is 80.9 cm³/mol. The second-order valence-electron chi connectivity index (χ2n) is 4.62. The van der Waals surface area contributed by atoms with Crippen molar-refractivity contribution in [1.82, 2.24) is 10.2 Å². The Bertz CT molecular complexity index is 446. The van der Waals surface area contributed by atoms with E-state index in [1.165, 1.54) is 0 Å². The Morgan fingerprint density at radius 3 is 2.40 bits per heavy atom. The van der Waals surface area contributed by atoms with Crippen molar-refractivity contribution >= 4 is 23.4 Å². The van der Waals surface area contributed by atoms with Gasteiger partial charge in [0.25, 0.3) is 5.91 Å². The maximum atomic E-state index is 11.9.